The van der Waals surface area contributed by atoms with Crippen LogP contribution in [0.5, 0.6) is 23.0 Å². The summed E-state index contributed by atoms with van der Waals surface area (Å²) in [5, 5.41) is 0. The molecule has 7 nitrogen and oxygen atoms in total. The molecule has 3 rings (SSSR count). The zero-order chi connectivity index (χ0) is 31.2. The first-order valence-electron chi connectivity index (χ1n) is 15.8. The Morgan fingerprint density at radius 2 is 1.07 bits per heavy atom. The lowest BCUT2D eigenvalue weighted by molar-refractivity contribution is -0.137. The van der Waals surface area contributed by atoms with Gasteiger partial charge in [-0.1, -0.05) is 70.6 Å². The molecule has 0 heterocycles. The predicted molar refractivity (Wildman–Crippen MR) is 173 cm³/mol. The Morgan fingerprint density at radius 3 is 1.66 bits per heavy atom. The van der Waals surface area contributed by atoms with E-state index in [-0.39, 0.29) is 5.97 Å². The molecule has 0 radical (unpaired) electrons. The molecule has 0 unspecified atom stereocenters. The highest BCUT2D eigenvalue weighted by atomic mass is 16.5. The van der Waals surface area contributed by atoms with Crippen molar-refractivity contribution >= 4 is 11.9 Å². The predicted octanol–water partition coefficient (Wildman–Crippen LogP) is 8.89. The second-order valence-corrected chi connectivity index (χ2v) is 10.6. The maximum absolute atomic E-state index is 12.5. The Labute approximate surface area is 262 Å². The van der Waals surface area contributed by atoms with E-state index < -0.39 is 5.97 Å². The normalized spacial score (nSPS) is 10.6. The van der Waals surface area contributed by atoms with Crippen molar-refractivity contribution in [1.82, 2.24) is 0 Å². The largest absolute Gasteiger partial charge is 0.494 e. The lowest BCUT2D eigenvalue weighted by Gasteiger charge is -2.10. The molecule has 0 saturated heterocycles. The number of hydrogen-bond donors (Lipinski definition) is 0. The lowest BCUT2D eigenvalue weighted by Crippen LogP contribution is -2.08. The second kappa shape index (κ2) is 20.6. The highest BCUT2D eigenvalue weighted by Crippen LogP contribution is 2.21. The molecule has 3 aromatic carbocycles. The van der Waals surface area contributed by atoms with Crippen molar-refractivity contribution in [3.8, 4) is 23.0 Å². The Bertz CT molecular complexity index is 1230. The summed E-state index contributed by atoms with van der Waals surface area (Å²) in [4.78, 5) is 23.5. The maximum Gasteiger partial charge on any atom is 0.343 e. The topological polar surface area (TPSA) is 80.3 Å². The average molecular weight is 603 g/mol. The van der Waals surface area contributed by atoms with E-state index in [1.165, 1.54) is 18.9 Å². The Morgan fingerprint density at radius 1 is 0.591 bits per heavy atom. The highest BCUT2D eigenvalue weighted by Gasteiger charge is 2.09. The van der Waals surface area contributed by atoms with E-state index in [9.17, 15) is 9.59 Å². The first-order valence-corrected chi connectivity index (χ1v) is 15.8. The zero-order valence-corrected chi connectivity index (χ0v) is 26.0. The van der Waals surface area contributed by atoms with Gasteiger partial charge in [-0.2, -0.15) is 0 Å². The minimum atomic E-state index is -0.420. The SMILES string of the molecule is C=CC(=O)OCCCCCCCCOc1ccc(COc2ccc(OC(=O)c3ccc(OCCCCCC)cc3)cc2)cc1. The van der Waals surface area contributed by atoms with Crippen molar-refractivity contribution in [2.45, 2.75) is 77.7 Å². The third-order valence-corrected chi connectivity index (χ3v) is 6.94. The van der Waals surface area contributed by atoms with E-state index in [1.807, 2.05) is 24.3 Å². The third kappa shape index (κ3) is 13.8. The van der Waals surface area contributed by atoms with Crippen molar-refractivity contribution in [1.29, 1.82) is 0 Å². The van der Waals surface area contributed by atoms with Gasteiger partial charge in [-0.3, -0.25) is 0 Å². The molecule has 0 aliphatic heterocycles. The first-order chi connectivity index (χ1) is 21.6. The summed E-state index contributed by atoms with van der Waals surface area (Å²) in [6.45, 7) is 7.81. The summed E-state index contributed by atoms with van der Waals surface area (Å²) in [5.74, 6) is 1.95. The fourth-order valence-corrected chi connectivity index (χ4v) is 4.36. The highest BCUT2D eigenvalue weighted by molar-refractivity contribution is 5.91. The number of ether oxygens (including phenoxy) is 5. The lowest BCUT2D eigenvalue weighted by atomic mass is 10.1. The number of carbonyl (C=O) groups is 2. The summed E-state index contributed by atoms with van der Waals surface area (Å²) in [6.07, 6.45) is 12.1. The van der Waals surface area contributed by atoms with Crippen molar-refractivity contribution in [2.75, 3.05) is 19.8 Å². The van der Waals surface area contributed by atoms with Gasteiger partial charge in [0.15, 0.2) is 0 Å². The maximum atomic E-state index is 12.5. The van der Waals surface area contributed by atoms with Crippen LogP contribution < -0.4 is 18.9 Å². The molecular weight excluding hydrogens is 556 g/mol. The molecule has 0 aliphatic carbocycles. The summed E-state index contributed by atoms with van der Waals surface area (Å²) < 4.78 is 28.0. The molecule has 0 bridgehead atoms. The average Bonchev–Trinajstić information content (AvgIpc) is 3.05. The van der Waals surface area contributed by atoms with E-state index in [0.29, 0.717) is 43.5 Å². The molecule has 0 spiro atoms. The van der Waals surface area contributed by atoms with E-state index in [1.54, 1.807) is 48.5 Å². The molecule has 0 saturated carbocycles. The summed E-state index contributed by atoms with van der Waals surface area (Å²) in [7, 11) is 0. The van der Waals surface area contributed by atoms with E-state index in [2.05, 4.69) is 13.5 Å². The van der Waals surface area contributed by atoms with Gasteiger partial charge in [0.25, 0.3) is 0 Å². The van der Waals surface area contributed by atoms with Crippen LogP contribution in [0.3, 0.4) is 0 Å². The minimum absolute atomic E-state index is 0.355. The van der Waals surface area contributed by atoms with Crippen LogP contribution in [0, 0.1) is 0 Å². The second-order valence-electron chi connectivity index (χ2n) is 10.6. The third-order valence-electron chi connectivity index (χ3n) is 6.94. The fraction of sp³-hybridized carbons (Fsp3) is 0.405. The van der Waals surface area contributed by atoms with Gasteiger partial charge < -0.3 is 23.7 Å². The Balaban J connectivity index is 1.28. The first kappa shape index (κ1) is 34.2. The van der Waals surface area contributed by atoms with Crippen LogP contribution in [0.25, 0.3) is 0 Å². The molecule has 0 amide bonds. The van der Waals surface area contributed by atoms with Gasteiger partial charge in [0.05, 0.1) is 25.4 Å². The molecule has 7 heteroatoms. The molecule has 44 heavy (non-hydrogen) atoms. The number of benzene rings is 3. The van der Waals surface area contributed by atoms with Gasteiger partial charge in [0, 0.05) is 6.08 Å². The molecule has 3 aromatic rings. The van der Waals surface area contributed by atoms with E-state index in [0.717, 1.165) is 68.4 Å². The number of rotatable bonds is 22. The van der Waals surface area contributed by atoms with E-state index >= 15 is 0 Å². The molecule has 0 atom stereocenters. The quantitative estimate of drug-likeness (QED) is 0.0492. The van der Waals surface area contributed by atoms with Gasteiger partial charge in [-0.15, -0.1) is 0 Å². The van der Waals surface area contributed by atoms with Crippen molar-refractivity contribution < 1.29 is 33.3 Å². The fourth-order valence-electron chi connectivity index (χ4n) is 4.36. The summed E-state index contributed by atoms with van der Waals surface area (Å²) >= 11 is 0. The van der Waals surface area contributed by atoms with Crippen LogP contribution in [-0.2, 0) is 16.1 Å². The molecule has 0 fully saturated rings. The number of esters is 2. The van der Waals surface area contributed by atoms with E-state index in [4.69, 9.17) is 23.7 Å². The van der Waals surface area contributed by atoms with Crippen LogP contribution in [0.15, 0.2) is 85.5 Å². The van der Waals surface area contributed by atoms with Crippen LogP contribution in [0.2, 0.25) is 0 Å². The summed E-state index contributed by atoms with van der Waals surface area (Å²) in [5.41, 5.74) is 1.49. The molecule has 0 N–H and O–H groups in total. The molecule has 236 valence electrons. The monoisotopic (exact) mass is 602 g/mol. The van der Waals surface area contributed by atoms with Gasteiger partial charge in [-0.25, -0.2) is 9.59 Å². The van der Waals surface area contributed by atoms with Crippen molar-refractivity contribution in [3.05, 3.63) is 96.6 Å². The van der Waals surface area contributed by atoms with Crippen LogP contribution in [0.4, 0.5) is 0 Å². The number of hydrogen-bond acceptors (Lipinski definition) is 7. The van der Waals surface area contributed by atoms with Crippen molar-refractivity contribution in [3.63, 3.8) is 0 Å². The Hall–Kier alpha value is -4.26. The minimum Gasteiger partial charge on any atom is -0.494 e. The van der Waals surface area contributed by atoms with Gasteiger partial charge in [0.1, 0.15) is 29.6 Å². The van der Waals surface area contributed by atoms with Crippen LogP contribution in [0.1, 0.15) is 87.1 Å². The van der Waals surface area contributed by atoms with Crippen molar-refractivity contribution in [2.24, 2.45) is 0 Å². The summed E-state index contributed by atoms with van der Waals surface area (Å²) in [6, 6.07) is 21.9. The molecule has 0 aliphatic rings. The van der Waals surface area contributed by atoms with Crippen LogP contribution in [-0.4, -0.2) is 31.8 Å². The molecular formula is C37H46O7. The van der Waals surface area contributed by atoms with Gasteiger partial charge in [0.2, 0.25) is 0 Å². The van der Waals surface area contributed by atoms with Gasteiger partial charge in [-0.05, 0) is 85.5 Å². The standard InChI is InChI=1S/C37H46O7/c1-3-5-6-11-26-41-33-20-16-31(17-21-33)37(39)44-35-24-22-34(23-25-35)43-29-30-14-18-32(19-15-30)40-27-12-9-7-8-10-13-28-42-36(38)4-2/h4,14-25H,2-3,5-13,26-29H2,1H3. The van der Waals surface area contributed by atoms with Gasteiger partial charge >= 0.3 is 11.9 Å². The smallest absolute Gasteiger partial charge is 0.343 e. The van der Waals surface area contributed by atoms with Crippen LogP contribution >= 0.6 is 0 Å². The number of carbonyl (C=O) groups excluding carboxylic acids is 2. The number of unbranched alkanes of at least 4 members (excludes halogenated alkanes) is 8. The molecule has 0 aromatic heterocycles. The Kier molecular flexibility index (Phi) is 16.0. The zero-order valence-electron chi connectivity index (χ0n) is 26.0.